The molecule has 0 bridgehead atoms. The first-order valence-corrected chi connectivity index (χ1v) is 6.60. The van der Waals surface area contributed by atoms with Gasteiger partial charge in [-0.15, -0.1) is 0 Å². The summed E-state index contributed by atoms with van der Waals surface area (Å²) in [5, 5.41) is 3.58. The number of likely N-dealkylation sites (N-methyl/N-ethyl adjacent to an activating group) is 1. The van der Waals surface area contributed by atoms with Gasteiger partial charge in [-0.25, -0.2) is 0 Å². The van der Waals surface area contributed by atoms with Gasteiger partial charge in [-0.05, 0) is 25.3 Å². The molecule has 0 aromatic rings. The van der Waals surface area contributed by atoms with Crippen molar-refractivity contribution < 1.29 is 4.74 Å². The van der Waals surface area contributed by atoms with Crippen molar-refractivity contribution in [3.05, 3.63) is 0 Å². The highest BCUT2D eigenvalue weighted by Crippen LogP contribution is 2.25. The van der Waals surface area contributed by atoms with Crippen molar-refractivity contribution >= 4 is 0 Å². The number of rotatable bonds is 5. The largest absolute Gasteiger partial charge is 0.383 e. The van der Waals surface area contributed by atoms with Crippen LogP contribution in [0.3, 0.4) is 0 Å². The molecule has 15 heavy (non-hydrogen) atoms. The maximum absolute atomic E-state index is 5.32. The van der Waals surface area contributed by atoms with E-state index in [4.69, 9.17) is 4.74 Å². The predicted molar refractivity (Wildman–Crippen MR) is 65.1 cm³/mol. The Kier molecular flexibility index (Phi) is 7.03. The predicted octanol–water partition coefficient (Wildman–Crippen LogP) is 2.97. The summed E-state index contributed by atoms with van der Waals surface area (Å²) in [4.78, 5) is 0. The van der Waals surface area contributed by atoms with E-state index in [0.29, 0.717) is 6.04 Å². The lowest BCUT2D eigenvalue weighted by Crippen LogP contribution is -2.40. The Balaban J connectivity index is 2.38. The fourth-order valence-corrected chi connectivity index (χ4v) is 2.69. The molecule has 0 spiro atoms. The fourth-order valence-electron chi connectivity index (χ4n) is 2.69. The zero-order valence-electron chi connectivity index (χ0n) is 10.4. The van der Waals surface area contributed by atoms with Gasteiger partial charge in [0.25, 0.3) is 0 Å². The number of hydrogen-bond acceptors (Lipinski definition) is 2. The van der Waals surface area contributed by atoms with Gasteiger partial charge < -0.3 is 10.1 Å². The summed E-state index contributed by atoms with van der Waals surface area (Å²) in [6, 6.07) is 0.582. The van der Waals surface area contributed by atoms with Crippen LogP contribution in [0.25, 0.3) is 0 Å². The van der Waals surface area contributed by atoms with Crippen molar-refractivity contribution in [2.24, 2.45) is 5.92 Å². The van der Waals surface area contributed by atoms with Gasteiger partial charge in [0.1, 0.15) is 0 Å². The zero-order chi connectivity index (χ0) is 10.9. The van der Waals surface area contributed by atoms with E-state index in [9.17, 15) is 0 Å². The van der Waals surface area contributed by atoms with Gasteiger partial charge in [0, 0.05) is 13.2 Å². The minimum absolute atomic E-state index is 0.582. The third kappa shape index (κ3) is 4.98. The van der Waals surface area contributed by atoms with Gasteiger partial charge in [-0.3, -0.25) is 0 Å². The second-order valence-electron chi connectivity index (χ2n) is 4.72. The molecule has 1 N–H and O–H groups in total. The van der Waals surface area contributed by atoms with Crippen molar-refractivity contribution in [3.8, 4) is 0 Å². The van der Waals surface area contributed by atoms with Gasteiger partial charge >= 0.3 is 0 Å². The summed E-state index contributed by atoms with van der Waals surface area (Å²) < 4.78 is 5.32. The average molecular weight is 213 g/mol. The Morgan fingerprint density at radius 1 is 1.13 bits per heavy atom. The summed E-state index contributed by atoms with van der Waals surface area (Å²) in [5.74, 6) is 0.838. The topological polar surface area (TPSA) is 21.3 Å². The molecule has 0 saturated heterocycles. The first kappa shape index (κ1) is 13.0. The molecule has 2 nitrogen and oxygen atoms in total. The second-order valence-corrected chi connectivity index (χ2v) is 4.72. The Bertz CT molecular complexity index is 135. The van der Waals surface area contributed by atoms with Crippen LogP contribution in [0.5, 0.6) is 0 Å². The van der Waals surface area contributed by atoms with Crippen LogP contribution in [0.2, 0.25) is 0 Å². The monoisotopic (exact) mass is 213 g/mol. The van der Waals surface area contributed by atoms with E-state index in [1.54, 1.807) is 0 Å². The highest BCUT2D eigenvalue weighted by molar-refractivity contribution is 4.77. The molecule has 0 heterocycles. The maximum atomic E-state index is 5.32. The Morgan fingerprint density at radius 2 is 1.73 bits per heavy atom. The minimum atomic E-state index is 0.582. The number of hydrogen-bond donors (Lipinski definition) is 1. The quantitative estimate of drug-likeness (QED) is 0.758. The minimum Gasteiger partial charge on any atom is -0.383 e. The van der Waals surface area contributed by atoms with Crippen molar-refractivity contribution in [1.82, 2.24) is 5.32 Å². The van der Waals surface area contributed by atoms with Crippen LogP contribution in [0.4, 0.5) is 0 Å². The number of methoxy groups -OCH3 is 1. The van der Waals surface area contributed by atoms with Crippen LogP contribution >= 0.6 is 0 Å². The summed E-state index contributed by atoms with van der Waals surface area (Å²) in [6.07, 6.45) is 9.92. The Morgan fingerprint density at radius 3 is 2.27 bits per heavy atom. The van der Waals surface area contributed by atoms with Crippen LogP contribution in [0.15, 0.2) is 0 Å². The van der Waals surface area contributed by atoms with Crippen LogP contribution in [-0.2, 0) is 4.74 Å². The van der Waals surface area contributed by atoms with E-state index < -0.39 is 0 Å². The summed E-state index contributed by atoms with van der Waals surface area (Å²) in [7, 11) is 1.81. The molecule has 1 aliphatic carbocycles. The van der Waals surface area contributed by atoms with Gasteiger partial charge in [-0.1, -0.05) is 39.0 Å². The zero-order valence-corrected chi connectivity index (χ0v) is 10.4. The van der Waals surface area contributed by atoms with Gasteiger partial charge in [-0.2, -0.15) is 0 Å². The second kappa shape index (κ2) is 8.12. The van der Waals surface area contributed by atoms with Crippen LogP contribution < -0.4 is 5.32 Å². The molecule has 1 rings (SSSR count). The van der Waals surface area contributed by atoms with Crippen LogP contribution in [0, 0.1) is 5.92 Å². The Hall–Kier alpha value is -0.0800. The first-order chi connectivity index (χ1) is 7.38. The lowest BCUT2D eigenvalue weighted by atomic mass is 9.86. The molecule has 1 saturated carbocycles. The van der Waals surface area contributed by atoms with E-state index in [-0.39, 0.29) is 0 Å². The maximum Gasteiger partial charge on any atom is 0.0618 e. The van der Waals surface area contributed by atoms with Crippen molar-refractivity contribution in [1.29, 1.82) is 0 Å². The van der Waals surface area contributed by atoms with Gasteiger partial charge in [0.2, 0.25) is 0 Å². The number of nitrogens with one attached hydrogen (secondary N) is 1. The summed E-state index contributed by atoms with van der Waals surface area (Å²) in [6.45, 7) is 4.12. The van der Waals surface area contributed by atoms with E-state index >= 15 is 0 Å². The molecule has 2 heteroatoms. The molecule has 1 unspecified atom stereocenters. The van der Waals surface area contributed by atoms with Crippen LogP contribution in [0.1, 0.15) is 51.9 Å². The molecule has 0 aliphatic heterocycles. The van der Waals surface area contributed by atoms with E-state index in [0.717, 1.165) is 19.1 Å². The third-order valence-corrected chi connectivity index (χ3v) is 3.53. The van der Waals surface area contributed by atoms with Gasteiger partial charge in [0.05, 0.1) is 6.61 Å². The first-order valence-electron chi connectivity index (χ1n) is 6.60. The molecule has 0 aromatic heterocycles. The van der Waals surface area contributed by atoms with Crippen molar-refractivity contribution in [2.45, 2.75) is 57.9 Å². The fraction of sp³-hybridized carbons (Fsp3) is 1.00. The molecule has 90 valence electrons. The van der Waals surface area contributed by atoms with E-state index in [2.05, 4.69) is 12.2 Å². The molecular formula is C13H27NO. The standard InChI is InChI=1S/C13H27NO/c1-3-14-13(11-15-2)12-9-7-5-4-6-8-10-12/h12-14H,3-11H2,1-2H3. The molecular weight excluding hydrogens is 186 g/mol. The molecule has 0 radical (unpaired) electrons. The van der Waals surface area contributed by atoms with E-state index in [1.807, 2.05) is 7.11 Å². The summed E-state index contributed by atoms with van der Waals surface area (Å²) in [5.41, 5.74) is 0. The SMILES string of the molecule is CCNC(COC)C1CCCCCCC1. The van der Waals surface area contributed by atoms with E-state index in [1.165, 1.54) is 44.9 Å². The van der Waals surface area contributed by atoms with Crippen molar-refractivity contribution in [3.63, 3.8) is 0 Å². The van der Waals surface area contributed by atoms with Crippen LogP contribution in [-0.4, -0.2) is 26.3 Å². The molecule has 1 atom stereocenters. The lowest BCUT2D eigenvalue weighted by Gasteiger charge is -2.28. The molecule has 0 aromatic carbocycles. The van der Waals surface area contributed by atoms with Gasteiger partial charge in [0.15, 0.2) is 0 Å². The molecule has 0 amide bonds. The van der Waals surface area contributed by atoms with Crippen molar-refractivity contribution in [2.75, 3.05) is 20.3 Å². The third-order valence-electron chi connectivity index (χ3n) is 3.53. The molecule has 1 aliphatic rings. The average Bonchev–Trinajstić information content (AvgIpc) is 2.17. The number of ether oxygens (including phenoxy) is 1. The molecule has 1 fully saturated rings. The summed E-state index contributed by atoms with van der Waals surface area (Å²) >= 11 is 0. The highest BCUT2D eigenvalue weighted by Gasteiger charge is 2.20. The lowest BCUT2D eigenvalue weighted by molar-refractivity contribution is 0.130. The highest BCUT2D eigenvalue weighted by atomic mass is 16.5. The smallest absolute Gasteiger partial charge is 0.0618 e. The Labute approximate surface area is 94.8 Å². The normalized spacial score (nSPS) is 22.0.